The number of amides is 1. The molecular weight excluding hydrogens is 399 g/mol. The van der Waals surface area contributed by atoms with Gasteiger partial charge >= 0.3 is 30.2 Å². The second kappa shape index (κ2) is 7.00. The number of carbonyl (C=O) groups excluding carboxylic acids is 1. The molecule has 0 radical (unpaired) electrons. The standard InChI is InChI=1S/C12H12F11NO2/c13-8(10(16,17)18,7(25)24-5-3-1-2-4-6-24)26-12(22,23)9(14,15)11(19,20)21/h1-6H2. The van der Waals surface area contributed by atoms with E-state index in [0.717, 1.165) is 0 Å². The highest BCUT2D eigenvalue weighted by atomic mass is 19.4. The van der Waals surface area contributed by atoms with E-state index < -0.39 is 49.2 Å². The van der Waals surface area contributed by atoms with Gasteiger partial charge in [-0.15, -0.1) is 0 Å². The Kier molecular flexibility index (Phi) is 6.11. The molecule has 14 heteroatoms. The van der Waals surface area contributed by atoms with E-state index >= 15 is 0 Å². The molecular formula is C12H12F11NO2. The molecule has 1 unspecified atom stereocenters. The van der Waals surface area contributed by atoms with Crippen molar-refractivity contribution in [1.29, 1.82) is 0 Å². The number of likely N-dealkylation sites (tertiary alicyclic amines) is 1. The van der Waals surface area contributed by atoms with Crippen LogP contribution in [0.4, 0.5) is 48.3 Å². The molecule has 0 aromatic heterocycles. The smallest absolute Gasteiger partial charge is 0.337 e. The minimum Gasteiger partial charge on any atom is -0.337 e. The number of carbonyl (C=O) groups is 1. The Balaban J connectivity index is 3.26. The number of nitrogens with zero attached hydrogens (tertiary/aromatic N) is 1. The van der Waals surface area contributed by atoms with E-state index in [1.807, 2.05) is 0 Å². The van der Waals surface area contributed by atoms with Crippen LogP contribution in [0.3, 0.4) is 0 Å². The van der Waals surface area contributed by atoms with Crippen molar-refractivity contribution in [2.45, 2.75) is 55.9 Å². The zero-order valence-corrected chi connectivity index (χ0v) is 12.7. The highest BCUT2D eigenvalue weighted by Gasteiger charge is 2.79. The van der Waals surface area contributed by atoms with Gasteiger partial charge in [0.2, 0.25) is 0 Å². The number of hydrogen-bond acceptors (Lipinski definition) is 2. The fourth-order valence-corrected chi connectivity index (χ4v) is 2.11. The normalized spacial score (nSPS) is 20.5. The lowest BCUT2D eigenvalue weighted by Gasteiger charge is -2.36. The quantitative estimate of drug-likeness (QED) is 0.641. The maximum atomic E-state index is 14.1. The molecule has 1 rings (SSSR count). The lowest BCUT2D eigenvalue weighted by atomic mass is 10.2. The first-order valence-corrected chi connectivity index (χ1v) is 7.05. The number of ether oxygens (including phenoxy) is 1. The first-order valence-electron chi connectivity index (χ1n) is 7.05. The fraction of sp³-hybridized carbons (Fsp3) is 0.917. The van der Waals surface area contributed by atoms with Crippen molar-refractivity contribution in [3.8, 4) is 0 Å². The summed E-state index contributed by atoms with van der Waals surface area (Å²) in [4.78, 5) is 11.8. The predicted molar refractivity (Wildman–Crippen MR) is 62.0 cm³/mol. The molecule has 26 heavy (non-hydrogen) atoms. The van der Waals surface area contributed by atoms with E-state index in [-0.39, 0.29) is 17.7 Å². The molecule has 0 aromatic carbocycles. The van der Waals surface area contributed by atoms with Gasteiger partial charge in [-0.1, -0.05) is 12.8 Å². The van der Waals surface area contributed by atoms with Gasteiger partial charge in [0.25, 0.3) is 5.91 Å². The number of halogens is 11. The van der Waals surface area contributed by atoms with Gasteiger partial charge in [-0.25, -0.2) is 0 Å². The van der Waals surface area contributed by atoms with E-state index in [2.05, 4.69) is 4.74 Å². The second-order valence-corrected chi connectivity index (χ2v) is 5.49. The van der Waals surface area contributed by atoms with Crippen molar-refractivity contribution in [2.24, 2.45) is 0 Å². The third-order valence-corrected chi connectivity index (χ3v) is 3.52. The molecule has 0 saturated carbocycles. The number of alkyl halides is 11. The van der Waals surface area contributed by atoms with Crippen molar-refractivity contribution in [3.05, 3.63) is 0 Å². The monoisotopic (exact) mass is 411 g/mol. The van der Waals surface area contributed by atoms with Crippen LogP contribution in [0.25, 0.3) is 0 Å². The van der Waals surface area contributed by atoms with E-state index in [4.69, 9.17) is 0 Å². The lowest BCUT2D eigenvalue weighted by Crippen LogP contribution is -2.64. The highest BCUT2D eigenvalue weighted by Crippen LogP contribution is 2.51. The Hall–Kier alpha value is -1.34. The molecule has 0 aliphatic carbocycles. The minimum absolute atomic E-state index is 0.0504. The SMILES string of the molecule is O=C(N1CCCCCC1)C(F)(OC(F)(F)C(F)(F)C(F)(F)F)C(F)(F)F. The van der Waals surface area contributed by atoms with Gasteiger partial charge in [-0.2, -0.15) is 48.3 Å². The van der Waals surface area contributed by atoms with Crippen LogP contribution in [0.15, 0.2) is 0 Å². The Morgan fingerprint density at radius 1 is 0.692 bits per heavy atom. The van der Waals surface area contributed by atoms with Gasteiger partial charge in [0.05, 0.1) is 0 Å². The molecule has 1 saturated heterocycles. The van der Waals surface area contributed by atoms with Crippen molar-refractivity contribution in [1.82, 2.24) is 4.90 Å². The predicted octanol–water partition coefficient (Wildman–Crippen LogP) is 4.42. The summed E-state index contributed by atoms with van der Waals surface area (Å²) < 4.78 is 143. The summed E-state index contributed by atoms with van der Waals surface area (Å²) in [5.41, 5.74) is 0. The summed E-state index contributed by atoms with van der Waals surface area (Å²) in [5.74, 6) is -16.1. The molecule has 0 bridgehead atoms. The van der Waals surface area contributed by atoms with Crippen molar-refractivity contribution < 1.29 is 57.8 Å². The van der Waals surface area contributed by atoms with E-state index in [1.165, 1.54) is 0 Å². The Morgan fingerprint density at radius 3 is 1.46 bits per heavy atom. The Bertz CT molecular complexity index is 508. The molecule has 0 spiro atoms. The van der Waals surface area contributed by atoms with Crippen molar-refractivity contribution in [3.63, 3.8) is 0 Å². The molecule has 0 aromatic rings. The molecule has 1 heterocycles. The summed E-state index contributed by atoms with van der Waals surface area (Å²) in [7, 11) is 0. The maximum Gasteiger partial charge on any atom is 0.462 e. The minimum atomic E-state index is -7.18. The van der Waals surface area contributed by atoms with Crippen molar-refractivity contribution >= 4 is 5.91 Å². The van der Waals surface area contributed by atoms with Crippen LogP contribution in [-0.2, 0) is 9.53 Å². The zero-order valence-electron chi connectivity index (χ0n) is 12.7. The summed E-state index contributed by atoms with van der Waals surface area (Å²) in [6, 6.07) is 0. The Morgan fingerprint density at radius 2 is 1.12 bits per heavy atom. The molecule has 1 aliphatic rings. The summed E-state index contributed by atoms with van der Waals surface area (Å²) in [6.07, 6.45) is -19.8. The average Bonchev–Trinajstić information content (AvgIpc) is 2.72. The van der Waals surface area contributed by atoms with Crippen LogP contribution < -0.4 is 0 Å². The summed E-state index contributed by atoms with van der Waals surface area (Å²) >= 11 is 0. The average molecular weight is 411 g/mol. The van der Waals surface area contributed by atoms with E-state index in [0.29, 0.717) is 12.8 Å². The first-order chi connectivity index (χ1) is 11.5. The molecule has 3 nitrogen and oxygen atoms in total. The van der Waals surface area contributed by atoms with Gasteiger partial charge in [0.1, 0.15) is 0 Å². The number of hydrogen-bond donors (Lipinski definition) is 0. The van der Waals surface area contributed by atoms with Crippen LogP contribution in [0.5, 0.6) is 0 Å². The number of rotatable bonds is 4. The summed E-state index contributed by atoms with van der Waals surface area (Å²) in [5, 5.41) is 0. The molecule has 1 amide bonds. The summed E-state index contributed by atoms with van der Waals surface area (Å²) in [6.45, 7) is -1.07. The van der Waals surface area contributed by atoms with Crippen LogP contribution in [0.1, 0.15) is 25.7 Å². The van der Waals surface area contributed by atoms with E-state index in [9.17, 15) is 53.1 Å². The topological polar surface area (TPSA) is 29.5 Å². The molecule has 1 atom stereocenters. The lowest BCUT2D eigenvalue weighted by molar-refractivity contribution is -0.473. The zero-order chi connectivity index (χ0) is 20.6. The Labute approximate surface area is 139 Å². The van der Waals surface area contributed by atoms with Gasteiger partial charge in [-0.05, 0) is 12.8 Å². The van der Waals surface area contributed by atoms with Crippen molar-refractivity contribution in [2.75, 3.05) is 13.1 Å². The third kappa shape index (κ3) is 4.14. The largest absolute Gasteiger partial charge is 0.462 e. The van der Waals surface area contributed by atoms with Gasteiger partial charge in [0, 0.05) is 13.1 Å². The third-order valence-electron chi connectivity index (χ3n) is 3.52. The van der Waals surface area contributed by atoms with Crippen LogP contribution in [-0.4, -0.2) is 54.1 Å². The van der Waals surface area contributed by atoms with Gasteiger partial charge < -0.3 is 4.90 Å². The van der Waals surface area contributed by atoms with Crippen LogP contribution >= 0.6 is 0 Å². The molecule has 154 valence electrons. The molecule has 1 aliphatic heterocycles. The van der Waals surface area contributed by atoms with E-state index in [1.54, 1.807) is 0 Å². The molecule has 1 fully saturated rings. The van der Waals surface area contributed by atoms with Gasteiger partial charge in [0.15, 0.2) is 0 Å². The molecule has 0 N–H and O–H groups in total. The maximum absolute atomic E-state index is 14.1. The second-order valence-electron chi connectivity index (χ2n) is 5.49. The van der Waals surface area contributed by atoms with Crippen LogP contribution in [0.2, 0.25) is 0 Å². The van der Waals surface area contributed by atoms with Crippen LogP contribution in [0, 0.1) is 0 Å². The first kappa shape index (κ1) is 22.7. The van der Waals surface area contributed by atoms with Gasteiger partial charge in [-0.3, -0.25) is 9.53 Å². The highest BCUT2D eigenvalue weighted by molar-refractivity contribution is 5.84. The fourth-order valence-electron chi connectivity index (χ4n) is 2.11.